The van der Waals surface area contributed by atoms with E-state index in [1.807, 2.05) is 19.9 Å². The van der Waals surface area contributed by atoms with E-state index in [4.69, 9.17) is 16.3 Å². The van der Waals surface area contributed by atoms with Crippen LogP contribution >= 0.6 is 11.6 Å². The summed E-state index contributed by atoms with van der Waals surface area (Å²) in [5, 5.41) is 3.18. The van der Waals surface area contributed by atoms with Gasteiger partial charge in [-0.15, -0.1) is 0 Å². The molecule has 0 aliphatic heterocycles. The molecular weight excluding hydrogens is 436 g/mol. The Morgan fingerprint density at radius 1 is 0.968 bits per heavy atom. The molecule has 0 aliphatic carbocycles. The van der Waals surface area contributed by atoms with E-state index in [9.17, 15) is 13.2 Å². The van der Waals surface area contributed by atoms with Crippen LogP contribution in [-0.2, 0) is 14.8 Å². The van der Waals surface area contributed by atoms with E-state index in [1.54, 1.807) is 36.4 Å². The van der Waals surface area contributed by atoms with Gasteiger partial charge >= 0.3 is 0 Å². The lowest BCUT2D eigenvalue weighted by Gasteiger charge is -2.24. The van der Waals surface area contributed by atoms with Gasteiger partial charge in [0.15, 0.2) is 0 Å². The Bertz CT molecular complexity index is 1180. The molecule has 0 atom stereocenters. The van der Waals surface area contributed by atoms with Crippen LogP contribution in [0.1, 0.15) is 11.1 Å². The zero-order chi connectivity index (χ0) is 22.6. The lowest BCUT2D eigenvalue weighted by molar-refractivity contribution is -0.114. The van der Waals surface area contributed by atoms with Gasteiger partial charge in [0, 0.05) is 5.02 Å². The number of methoxy groups -OCH3 is 1. The Hall–Kier alpha value is -3.03. The van der Waals surface area contributed by atoms with Crippen LogP contribution in [0.25, 0.3) is 0 Å². The molecule has 3 aromatic carbocycles. The molecule has 0 saturated carbocycles. The lowest BCUT2D eigenvalue weighted by Crippen LogP contribution is -2.38. The van der Waals surface area contributed by atoms with Crippen molar-refractivity contribution in [3.05, 3.63) is 82.9 Å². The zero-order valence-electron chi connectivity index (χ0n) is 17.4. The maximum atomic E-state index is 13.4. The van der Waals surface area contributed by atoms with E-state index in [0.717, 1.165) is 15.4 Å². The van der Waals surface area contributed by atoms with Gasteiger partial charge in [0.25, 0.3) is 10.0 Å². The Kier molecular flexibility index (Phi) is 6.87. The minimum absolute atomic E-state index is 0.0402. The maximum Gasteiger partial charge on any atom is 0.264 e. The zero-order valence-corrected chi connectivity index (χ0v) is 19.0. The first kappa shape index (κ1) is 22.7. The van der Waals surface area contributed by atoms with Crippen molar-refractivity contribution in [2.75, 3.05) is 23.3 Å². The first-order chi connectivity index (χ1) is 14.7. The molecule has 1 amide bonds. The molecule has 0 aromatic heterocycles. The van der Waals surface area contributed by atoms with Gasteiger partial charge in [-0.3, -0.25) is 9.10 Å². The molecule has 0 unspecified atom stereocenters. The molecule has 3 aromatic rings. The summed E-state index contributed by atoms with van der Waals surface area (Å²) in [6.07, 6.45) is 0. The number of amides is 1. The van der Waals surface area contributed by atoms with E-state index < -0.39 is 22.5 Å². The minimum atomic E-state index is -4.01. The van der Waals surface area contributed by atoms with Crippen LogP contribution in [0.5, 0.6) is 5.75 Å². The summed E-state index contributed by atoms with van der Waals surface area (Å²) in [5.41, 5.74) is 2.76. The average Bonchev–Trinajstić information content (AvgIpc) is 2.73. The molecule has 1 N–H and O–H groups in total. The molecular formula is C23H23ClN2O4S. The molecule has 0 aliphatic rings. The van der Waals surface area contributed by atoms with Gasteiger partial charge in [-0.05, 0) is 67.9 Å². The van der Waals surface area contributed by atoms with Gasteiger partial charge in [-0.2, -0.15) is 0 Å². The third-order valence-electron chi connectivity index (χ3n) is 4.64. The highest BCUT2D eigenvalue weighted by Gasteiger charge is 2.27. The summed E-state index contributed by atoms with van der Waals surface area (Å²) in [5.74, 6) is -0.0107. The number of ether oxygens (including phenoxy) is 1. The second-order valence-corrected chi connectivity index (χ2v) is 9.35. The minimum Gasteiger partial charge on any atom is -0.495 e. The van der Waals surface area contributed by atoms with Crippen LogP contribution in [0.3, 0.4) is 0 Å². The third kappa shape index (κ3) is 5.37. The van der Waals surface area contributed by atoms with Crippen LogP contribution in [0.4, 0.5) is 11.4 Å². The number of carbonyl (C=O) groups excluding carboxylic acids is 1. The van der Waals surface area contributed by atoms with E-state index in [2.05, 4.69) is 5.32 Å². The maximum absolute atomic E-state index is 13.4. The fourth-order valence-electron chi connectivity index (χ4n) is 3.00. The Morgan fingerprint density at radius 3 is 2.19 bits per heavy atom. The predicted molar refractivity (Wildman–Crippen MR) is 124 cm³/mol. The molecule has 6 nitrogen and oxygen atoms in total. The molecule has 0 spiro atoms. The van der Waals surface area contributed by atoms with E-state index in [1.165, 1.54) is 31.4 Å². The molecule has 8 heteroatoms. The second-order valence-electron chi connectivity index (χ2n) is 7.05. The molecule has 0 saturated heterocycles. The van der Waals surface area contributed by atoms with Gasteiger partial charge in [0.2, 0.25) is 5.91 Å². The van der Waals surface area contributed by atoms with Crippen molar-refractivity contribution in [3.63, 3.8) is 0 Å². The molecule has 3 rings (SSSR count). The topological polar surface area (TPSA) is 75.7 Å². The van der Waals surface area contributed by atoms with Gasteiger partial charge in [-0.1, -0.05) is 35.4 Å². The van der Waals surface area contributed by atoms with Crippen molar-refractivity contribution >= 4 is 38.9 Å². The van der Waals surface area contributed by atoms with Crippen molar-refractivity contribution in [1.82, 2.24) is 0 Å². The van der Waals surface area contributed by atoms with Gasteiger partial charge in [-0.25, -0.2) is 8.42 Å². The number of hydrogen-bond donors (Lipinski definition) is 1. The number of nitrogens with zero attached hydrogens (tertiary/aromatic N) is 1. The molecule has 0 bridgehead atoms. The van der Waals surface area contributed by atoms with E-state index in [-0.39, 0.29) is 4.90 Å². The Morgan fingerprint density at radius 2 is 1.58 bits per heavy atom. The summed E-state index contributed by atoms with van der Waals surface area (Å²) in [7, 11) is -2.51. The Labute approximate surface area is 187 Å². The number of rotatable bonds is 7. The first-order valence-electron chi connectivity index (χ1n) is 9.50. The fourth-order valence-corrected chi connectivity index (χ4v) is 4.55. The summed E-state index contributed by atoms with van der Waals surface area (Å²) in [6.45, 7) is 3.38. The summed E-state index contributed by atoms with van der Waals surface area (Å²) in [6, 6.07) is 18.1. The number of carbonyl (C=O) groups is 1. The number of hydrogen-bond acceptors (Lipinski definition) is 4. The number of benzene rings is 3. The predicted octanol–water partition coefficient (Wildman–Crippen LogP) is 4.80. The monoisotopic (exact) mass is 458 g/mol. The first-order valence-corrected chi connectivity index (χ1v) is 11.3. The van der Waals surface area contributed by atoms with Crippen LogP contribution in [0.15, 0.2) is 71.6 Å². The molecule has 0 radical (unpaired) electrons. The van der Waals surface area contributed by atoms with Crippen molar-refractivity contribution in [2.24, 2.45) is 0 Å². The highest BCUT2D eigenvalue weighted by atomic mass is 35.5. The summed E-state index contributed by atoms with van der Waals surface area (Å²) < 4.78 is 33.1. The second kappa shape index (κ2) is 9.41. The van der Waals surface area contributed by atoms with E-state index in [0.29, 0.717) is 22.1 Å². The summed E-state index contributed by atoms with van der Waals surface area (Å²) >= 11 is 5.91. The lowest BCUT2D eigenvalue weighted by atomic mass is 10.2. The van der Waals surface area contributed by atoms with Crippen LogP contribution in [0.2, 0.25) is 5.02 Å². The molecule has 0 heterocycles. The number of nitrogens with one attached hydrogen (secondary N) is 1. The SMILES string of the molecule is COc1ccc(C)cc1NC(=O)CN(c1ccc(C)cc1)S(=O)(=O)c1ccc(Cl)cc1. The quantitative estimate of drug-likeness (QED) is 0.551. The largest absolute Gasteiger partial charge is 0.495 e. The van der Waals surface area contributed by atoms with Gasteiger partial charge in [0.1, 0.15) is 12.3 Å². The molecule has 0 fully saturated rings. The number of aryl methyl sites for hydroxylation is 2. The summed E-state index contributed by atoms with van der Waals surface area (Å²) in [4.78, 5) is 12.9. The standard InChI is InChI=1S/C23H23ClN2O4S/c1-16-4-9-19(10-5-16)26(31(28,29)20-11-7-18(24)8-12-20)15-23(27)25-21-14-17(2)6-13-22(21)30-3/h4-14H,15H2,1-3H3,(H,25,27). The van der Waals surface area contributed by atoms with Crippen molar-refractivity contribution in [2.45, 2.75) is 18.7 Å². The van der Waals surface area contributed by atoms with Crippen LogP contribution in [0, 0.1) is 13.8 Å². The van der Waals surface area contributed by atoms with Crippen LogP contribution < -0.4 is 14.4 Å². The van der Waals surface area contributed by atoms with Crippen LogP contribution in [-0.4, -0.2) is 28.0 Å². The van der Waals surface area contributed by atoms with Crippen molar-refractivity contribution in [3.8, 4) is 5.75 Å². The highest BCUT2D eigenvalue weighted by molar-refractivity contribution is 7.92. The van der Waals surface area contributed by atoms with Gasteiger partial charge in [0.05, 0.1) is 23.4 Å². The average molecular weight is 459 g/mol. The number of anilines is 2. The third-order valence-corrected chi connectivity index (χ3v) is 6.68. The number of halogens is 1. The number of sulfonamides is 1. The Balaban J connectivity index is 1.95. The van der Waals surface area contributed by atoms with E-state index >= 15 is 0 Å². The highest BCUT2D eigenvalue weighted by Crippen LogP contribution is 2.27. The smallest absolute Gasteiger partial charge is 0.264 e. The van der Waals surface area contributed by atoms with Crippen molar-refractivity contribution in [1.29, 1.82) is 0 Å². The van der Waals surface area contributed by atoms with Crippen molar-refractivity contribution < 1.29 is 17.9 Å². The fraction of sp³-hybridized carbons (Fsp3) is 0.174. The molecule has 31 heavy (non-hydrogen) atoms. The van der Waals surface area contributed by atoms with Gasteiger partial charge < -0.3 is 10.1 Å². The normalized spacial score (nSPS) is 11.1. The molecule has 162 valence electrons.